The summed E-state index contributed by atoms with van der Waals surface area (Å²) in [6, 6.07) is 2.87. The minimum absolute atomic E-state index is 0.114. The number of hydrogen-bond donors (Lipinski definition) is 2. The maximum absolute atomic E-state index is 13.1. The van der Waals surface area contributed by atoms with Gasteiger partial charge in [-0.15, -0.1) is 0 Å². The predicted molar refractivity (Wildman–Crippen MR) is 66.7 cm³/mol. The van der Waals surface area contributed by atoms with Gasteiger partial charge in [-0.2, -0.15) is 13.2 Å². The Morgan fingerprint density at radius 3 is 2.50 bits per heavy atom. The first-order valence-electron chi connectivity index (χ1n) is 6.65. The zero-order chi connectivity index (χ0) is 14.8. The second kappa shape index (κ2) is 5.99. The molecule has 20 heavy (non-hydrogen) atoms. The highest BCUT2D eigenvalue weighted by molar-refractivity contribution is 5.28. The second-order valence-corrected chi connectivity index (χ2v) is 5.24. The lowest BCUT2D eigenvalue weighted by Crippen LogP contribution is -2.45. The zero-order valence-corrected chi connectivity index (χ0v) is 10.9. The van der Waals surface area contributed by atoms with Crippen LogP contribution in [0, 0.1) is 11.7 Å². The quantitative estimate of drug-likeness (QED) is 0.831. The van der Waals surface area contributed by atoms with Crippen LogP contribution in [0.1, 0.15) is 31.2 Å². The summed E-state index contributed by atoms with van der Waals surface area (Å²) in [6.07, 6.45) is -2.26. The summed E-state index contributed by atoms with van der Waals surface area (Å²) < 4.78 is 51.8. The molecule has 2 rings (SSSR count). The molecule has 2 N–H and O–H groups in total. The van der Waals surface area contributed by atoms with E-state index in [1.54, 1.807) is 0 Å². The van der Waals surface area contributed by atoms with Gasteiger partial charge in [0.15, 0.2) is 0 Å². The molecule has 112 valence electrons. The smallest absolute Gasteiger partial charge is 0.393 e. The molecule has 6 heteroatoms. The maximum atomic E-state index is 13.1. The van der Waals surface area contributed by atoms with E-state index in [-0.39, 0.29) is 18.7 Å². The van der Waals surface area contributed by atoms with E-state index < -0.39 is 24.0 Å². The molecule has 0 saturated heterocycles. The van der Waals surface area contributed by atoms with Gasteiger partial charge in [-0.3, -0.25) is 0 Å². The molecule has 1 saturated carbocycles. The number of halogens is 4. The highest BCUT2D eigenvalue weighted by Gasteiger charge is 2.45. The Morgan fingerprint density at radius 1 is 1.15 bits per heavy atom. The van der Waals surface area contributed by atoms with E-state index in [1.165, 1.54) is 12.1 Å². The third-order valence-corrected chi connectivity index (χ3v) is 3.70. The van der Waals surface area contributed by atoms with Crippen LogP contribution in [0.2, 0.25) is 0 Å². The van der Waals surface area contributed by atoms with Crippen molar-refractivity contribution in [3.8, 4) is 5.75 Å². The SMILES string of the molecule is Oc1cc(F)cc(CNC2CCCCC2C(F)(F)F)c1. The van der Waals surface area contributed by atoms with Gasteiger partial charge in [-0.1, -0.05) is 12.8 Å². The fraction of sp³-hybridized carbons (Fsp3) is 0.571. The maximum Gasteiger partial charge on any atom is 0.393 e. The van der Waals surface area contributed by atoms with Crippen molar-refractivity contribution in [2.45, 2.75) is 44.4 Å². The Bertz CT molecular complexity index is 441. The predicted octanol–water partition coefficient (Wildman–Crippen LogP) is 3.74. The van der Waals surface area contributed by atoms with Crippen LogP contribution in [0.25, 0.3) is 0 Å². The van der Waals surface area contributed by atoms with E-state index in [4.69, 9.17) is 0 Å². The van der Waals surface area contributed by atoms with Crippen LogP contribution in [-0.2, 0) is 6.54 Å². The molecule has 2 nitrogen and oxygen atoms in total. The molecule has 0 bridgehead atoms. The summed E-state index contributed by atoms with van der Waals surface area (Å²) >= 11 is 0. The van der Waals surface area contributed by atoms with E-state index in [0.717, 1.165) is 12.5 Å². The minimum atomic E-state index is -4.21. The molecule has 1 aromatic carbocycles. The average Bonchev–Trinajstić information content (AvgIpc) is 2.34. The van der Waals surface area contributed by atoms with Gasteiger partial charge in [0, 0.05) is 18.7 Å². The molecular weight excluding hydrogens is 274 g/mol. The van der Waals surface area contributed by atoms with Crippen molar-refractivity contribution >= 4 is 0 Å². The number of rotatable bonds is 3. The van der Waals surface area contributed by atoms with Crippen LogP contribution in [0.15, 0.2) is 18.2 Å². The summed E-state index contributed by atoms with van der Waals surface area (Å²) in [5.74, 6) is -2.17. The normalized spacial score (nSPS) is 23.8. The first kappa shape index (κ1) is 15.1. The topological polar surface area (TPSA) is 32.3 Å². The molecule has 1 aliphatic rings. The van der Waals surface area contributed by atoms with Gasteiger partial charge in [-0.25, -0.2) is 4.39 Å². The molecule has 0 spiro atoms. The summed E-state index contributed by atoms with van der Waals surface area (Å²) in [6.45, 7) is 0.114. The van der Waals surface area contributed by atoms with Gasteiger partial charge in [0.1, 0.15) is 11.6 Å². The average molecular weight is 291 g/mol. The van der Waals surface area contributed by atoms with Crippen LogP contribution in [0.4, 0.5) is 17.6 Å². The van der Waals surface area contributed by atoms with E-state index in [2.05, 4.69) is 5.32 Å². The zero-order valence-electron chi connectivity index (χ0n) is 10.9. The molecular formula is C14H17F4NO. The van der Waals surface area contributed by atoms with Crippen molar-refractivity contribution < 1.29 is 22.7 Å². The van der Waals surface area contributed by atoms with Crippen molar-refractivity contribution in [3.63, 3.8) is 0 Å². The van der Waals surface area contributed by atoms with Gasteiger partial charge in [0.05, 0.1) is 5.92 Å². The number of nitrogens with one attached hydrogen (secondary N) is 1. The van der Waals surface area contributed by atoms with Gasteiger partial charge >= 0.3 is 6.18 Å². The van der Waals surface area contributed by atoms with Crippen LogP contribution in [0.3, 0.4) is 0 Å². The Morgan fingerprint density at radius 2 is 1.85 bits per heavy atom. The van der Waals surface area contributed by atoms with E-state index in [1.807, 2.05) is 0 Å². The lowest BCUT2D eigenvalue weighted by atomic mass is 9.84. The van der Waals surface area contributed by atoms with Gasteiger partial charge in [0.25, 0.3) is 0 Å². The number of benzene rings is 1. The summed E-state index contributed by atoms with van der Waals surface area (Å²) in [5.41, 5.74) is 0.439. The Balaban J connectivity index is 2.01. The molecule has 0 heterocycles. The fourth-order valence-electron chi connectivity index (χ4n) is 2.75. The van der Waals surface area contributed by atoms with Gasteiger partial charge in [0.2, 0.25) is 0 Å². The number of phenols is 1. The number of phenolic OH excluding ortho intramolecular Hbond substituents is 1. The Labute approximate surface area is 114 Å². The summed E-state index contributed by atoms with van der Waals surface area (Å²) in [5, 5.41) is 12.1. The largest absolute Gasteiger partial charge is 0.508 e. The summed E-state index contributed by atoms with van der Waals surface area (Å²) in [7, 11) is 0. The highest BCUT2D eigenvalue weighted by atomic mass is 19.4. The molecule has 0 aromatic heterocycles. The van der Waals surface area contributed by atoms with Crippen molar-refractivity contribution in [1.82, 2.24) is 5.32 Å². The second-order valence-electron chi connectivity index (χ2n) is 5.24. The van der Waals surface area contributed by atoms with Gasteiger partial charge < -0.3 is 10.4 Å². The molecule has 0 radical (unpaired) electrons. The van der Waals surface area contributed by atoms with Crippen LogP contribution >= 0.6 is 0 Å². The van der Waals surface area contributed by atoms with E-state index in [9.17, 15) is 22.7 Å². The molecule has 2 atom stereocenters. The minimum Gasteiger partial charge on any atom is -0.508 e. The summed E-state index contributed by atoms with van der Waals surface area (Å²) in [4.78, 5) is 0. The van der Waals surface area contributed by atoms with Crippen molar-refractivity contribution in [2.75, 3.05) is 0 Å². The molecule has 1 aliphatic carbocycles. The third kappa shape index (κ3) is 3.85. The van der Waals surface area contributed by atoms with Crippen molar-refractivity contribution in [1.29, 1.82) is 0 Å². The van der Waals surface area contributed by atoms with Crippen LogP contribution in [-0.4, -0.2) is 17.3 Å². The van der Waals surface area contributed by atoms with E-state index in [0.29, 0.717) is 18.4 Å². The van der Waals surface area contributed by atoms with Crippen LogP contribution < -0.4 is 5.32 Å². The van der Waals surface area contributed by atoms with Crippen molar-refractivity contribution in [2.24, 2.45) is 5.92 Å². The lowest BCUT2D eigenvalue weighted by Gasteiger charge is -2.33. The number of aromatic hydroxyl groups is 1. The molecule has 1 aromatic rings. The highest BCUT2D eigenvalue weighted by Crippen LogP contribution is 2.37. The Kier molecular flexibility index (Phi) is 4.52. The Hall–Kier alpha value is -1.30. The first-order chi connectivity index (χ1) is 9.36. The standard InChI is InChI=1S/C14H17F4NO/c15-10-5-9(6-11(20)7-10)8-19-13-4-2-1-3-12(13)14(16,17)18/h5-7,12-13,19-20H,1-4,8H2. The molecule has 0 aliphatic heterocycles. The van der Waals surface area contributed by atoms with E-state index >= 15 is 0 Å². The fourth-order valence-corrected chi connectivity index (χ4v) is 2.75. The van der Waals surface area contributed by atoms with Crippen molar-refractivity contribution in [3.05, 3.63) is 29.6 Å². The molecule has 1 fully saturated rings. The first-order valence-corrected chi connectivity index (χ1v) is 6.65. The number of hydrogen-bond acceptors (Lipinski definition) is 2. The third-order valence-electron chi connectivity index (χ3n) is 3.70. The molecule has 2 unspecified atom stereocenters. The number of alkyl halides is 3. The van der Waals surface area contributed by atoms with Crippen LogP contribution in [0.5, 0.6) is 5.75 Å². The lowest BCUT2D eigenvalue weighted by molar-refractivity contribution is -0.189. The van der Waals surface area contributed by atoms with Gasteiger partial charge in [-0.05, 0) is 30.5 Å². The molecule has 0 amide bonds. The monoisotopic (exact) mass is 291 g/mol.